The number of carbonyl (C=O) groups excluding carboxylic acids is 1. The molecule has 0 aromatic heterocycles. The Kier molecular flexibility index (Phi) is 3.84. The maximum Gasteiger partial charge on any atom is 0.407 e. The van der Waals surface area contributed by atoms with Crippen LogP contribution in [0.5, 0.6) is 11.5 Å². The molecule has 1 fully saturated rings. The van der Waals surface area contributed by atoms with Crippen molar-refractivity contribution in [1.29, 1.82) is 0 Å². The summed E-state index contributed by atoms with van der Waals surface area (Å²) in [5, 5.41) is 21.4. The van der Waals surface area contributed by atoms with Crippen LogP contribution in [0.3, 0.4) is 0 Å². The van der Waals surface area contributed by atoms with Crippen LogP contribution in [-0.2, 0) is 4.74 Å². The number of alkyl carbamates (subject to hydrolysis) is 1. The molecule has 16 heavy (non-hydrogen) atoms. The van der Waals surface area contributed by atoms with Crippen LogP contribution in [0.25, 0.3) is 0 Å². The SMILES string of the molecule is Cl.O=C1N[C@H](c2cc(O)ccc2O)CCO1. The van der Waals surface area contributed by atoms with Crippen LogP contribution in [0.1, 0.15) is 18.0 Å². The number of phenolic OH excluding ortho intramolecular Hbond substituents is 2. The zero-order chi connectivity index (χ0) is 10.8. The number of phenols is 2. The number of ether oxygens (including phenoxy) is 1. The quantitative estimate of drug-likeness (QED) is 0.658. The molecule has 0 radical (unpaired) electrons. The molecule has 88 valence electrons. The summed E-state index contributed by atoms with van der Waals surface area (Å²) in [4.78, 5) is 11.0. The van der Waals surface area contributed by atoms with Gasteiger partial charge in [0, 0.05) is 12.0 Å². The van der Waals surface area contributed by atoms with Gasteiger partial charge in [-0.05, 0) is 18.2 Å². The molecule has 1 saturated heterocycles. The Morgan fingerprint density at radius 1 is 1.38 bits per heavy atom. The first-order valence-electron chi connectivity index (χ1n) is 4.62. The van der Waals surface area contributed by atoms with Gasteiger partial charge in [0.25, 0.3) is 0 Å². The predicted molar refractivity (Wildman–Crippen MR) is 58.9 cm³/mol. The van der Waals surface area contributed by atoms with E-state index in [0.29, 0.717) is 18.6 Å². The van der Waals surface area contributed by atoms with Crippen LogP contribution in [0.15, 0.2) is 18.2 Å². The number of benzene rings is 1. The molecular weight excluding hydrogens is 234 g/mol. The summed E-state index contributed by atoms with van der Waals surface area (Å²) in [5.74, 6) is 0.114. The van der Waals surface area contributed by atoms with Crippen molar-refractivity contribution in [1.82, 2.24) is 5.32 Å². The molecule has 1 aliphatic rings. The minimum atomic E-state index is -0.506. The topological polar surface area (TPSA) is 78.8 Å². The Morgan fingerprint density at radius 3 is 2.81 bits per heavy atom. The Hall–Kier alpha value is -1.62. The standard InChI is InChI=1S/C10H11NO4.ClH/c12-6-1-2-9(13)7(5-6)8-3-4-15-10(14)11-8;/h1-2,5,8,12-13H,3-4H2,(H,11,14);1H/t8-;/m0./s1. The first-order valence-corrected chi connectivity index (χ1v) is 4.62. The van der Waals surface area contributed by atoms with E-state index in [1.54, 1.807) is 0 Å². The Morgan fingerprint density at radius 2 is 2.12 bits per heavy atom. The highest BCUT2D eigenvalue weighted by Gasteiger charge is 2.23. The van der Waals surface area contributed by atoms with Gasteiger partial charge in [0.15, 0.2) is 0 Å². The molecule has 2 rings (SSSR count). The van der Waals surface area contributed by atoms with Crippen molar-refractivity contribution in [3.63, 3.8) is 0 Å². The van der Waals surface area contributed by atoms with Crippen LogP contribution >= 0.6 is 12.4 Å². The van der Waals surface area contributed by atoms with Crippen LogP contribution < -0.4 is 5.32 Å². The number of cyclic esters (lactones) is 1. The van der Waals surface area contributed by atoms with Crippen LogP contribution in [0, 0.1) is 0 Å². The smallest absolute Gasteiger partial charge is 0.407 e. The molecule has 0 spiro atoms. The molecular formula is C10H12ClNO4. The van der Waals surface area contributed by atoms with Gasteiger partial charge in [0.1, 0.15) is 11.5 Å². The summed E-state index contributed by atoms with van der Waals surface area (Å²) >= 11 is 0. The number of amides is 1. The molecule has 6 heteroatoms. The molecule has 0 bridgehead atoms. The first kappa shape index (κ1) is 12.4. The maximum atomic E-state index is 11.0. The molecule has 1 aromatic carbocycles. The second kappa shape index (κ2) is 4.94. The number of rotatable bonds is 1. The van der Waals surface area contributed by atoms with E-state index >= 15 is 0 Å². The molecule has 1 heterocycles. The lowest BCUT2D eigenvalue weighted by Gasteiger charge is -2.24. The Balaban J connectivity index is 0.00000128. The lowest BCUT2D eigenvalue weighted by atomic mass is 10.0. The summed E-state index contributed by atoms with van der Waals surface area (Å²) in [5.41, 5.74) is 0.506. The van der Waals surface area contributed by atoms with Crippen molar-refractivity contribution in [3.8, 4) is 11.5 Å². The zero-order valence-corrected chi connectivity index (χ0v) is 9.16. The number of carbonyl (C=O) groups is 1. The maximum absolute atomic E-state index is 11.0. The van der Waals surface area contributed by atoms with E-state index in [-0.39, 0.29) is 29.9 Å². The van der Waals surface area contributed by atoms with Gasteiger partial charge in [0.2, 0.25) is 0 Å². The van der Waals surface area contributed by atoms with E-state index in [1.165, 1.54) is 18.2 Å². The molecule has 0 aliphatic carbocycles. The molecule has 3 N–H and O–H groups in total. The Labute approximate surface area is 98.5 Å². The highest BCUT2D eigenvalue weighted by Crippen LogP contribution is 2.30. The van der Waals surface area contributed by atoms with Crippen molar-refractivity contribution in [2.45, 2.75) is 12.5 Å². The Bertz CT molecular complexity index is 396. The molecule has 5 nitrogen and oxygen atoms in total. The van der Waals surface area contributed by atoms with Gasteiger partial charge in [-0.3, -0.25) is 0 Å². The summed E-state index contributed by atoms with van der Waals surface area (Å²) in [6.45, 7) is 0.311. The number of halogens is 1. The fourth-order valence-corrected chi connectivity index (χ4v) is 1.58. The summed E-state index contributed by atoms with van der Waals surface area (Å²) in [7, 11) is 0. The third-order valence-electron chi connectivity index (χ3n) is 2.32. The summed E-state index contributed by atoms with van der Waals surface area (Å²) < 4.78 is 4.71. The number of aromatic hydroxyl groups is 2. The second-order valence-electron chi connectivity index (χ2n) is 3.36. The van der Waals surface area contributed by atoms with E-state index in [2.05, 4.69) is 5.32 Å². The molecule has 1 amide bonds. The van der Waals surface area contributed by atoms with Crippen molar-refractivity contribution < 1.29 is 19.7 Å². The minimum absolute atomic E-state index is 0. The van der Waals surface area contributed by atoms with Gasteiger partial charge in [-0.2, -0.15) is 0 Å². The third kappa shape index (κ3) is 2.49. The number of hydrogen-bond acceptors (Lipinski definition) is 4. The summed E-state index contributed by atoms with van der Waals surface area (Å²) in [6.07, 6.45) is 0.0666. The van der Waals surface area contributed by atoms with Crippen molar-refractivity contribution in [2.75, 3.05) is 6.61 Å². The fourth-order valence-electron chi connectivity index (χ4n) is 1.58. The van der Waals surface area contributed by atoms with Crippen LogP contribution in [0.4, 0.5) is 4.79 Å². The van der Waals surface area contributed by atoms with Gasteiger partial charge in [-0.1, -0.05) is 0 Å². The first-order chi connectivity index (χ1) is 7.16. The van der Waals surface area contributed by atoms with Crippen LogP contribution in [0.2, 0.25) is 0 Å². The average Bonchev–Trinajstić information content (AvgIpc) is 2.22. The van der Waals surface area contributed by atoms with E-state index in [9.17, 15) is 15.0 Å². The third-order valence-corrected chi connectivity index (χ3v) is 2.32. The number of nitrogens with one attached hydrogen (secondary N) is 1. The highest BCUT2D eigenvalue weighted by atomic mass is 35.5. The summed E-state index contributed by atoms with van der Waals surface area (Å²) in [6, 6.07) is 3.91. The lowest BCUT2D eigenvalue weighted by Crippen LogP contribution is -2.35. The molecule has 1 aliphatic heterocycles. The van der Waals surface area contributed by atoms with Gasteiger partial charge < -0.3 is 20.3 Å². The van der Waals surface area contributed by atoms with Gasteiger partial charge in [0.05, 0.1) is 12.6 Å². The molecule has 1 aromatic rings. The van der Waals surface area contributed by atoms with Gasteiger partial charge in [-0.15, -0.1) is 12.4 Å². The number of hydrogen-bond donors (Lipinski definition) is 3. The van der Waals surface area contributed by atoms with E-state index in [0.717, 1.165) is 0 Å². The van der Waals surface area contributed by atoms with E-state index in [4.69, 9.17) is 4.74 Å². The average molecular weight is 246 g/mol. The zero-order valence-electron chi connectivity index (χ0n) is 8.34. The normalized spacial score (nSPS) is 19.2. The van der Waals surface area contributed by atoms with E-state index < -0.39 is 6.09 Å². The van der Waals surface area contributed by atoms with Crippen LogP contribution in [-0.4, -0.2) is 22.9 Å². The highest BCUT2D eigenvalue weighted by molar-refractivity contribution is 5.85. The van der Waals surface area contributed by atoms with Crippen molar-refractivity contribution >= 4 is 18.5 Å². The second-order valence-corrected chi connectivity index (χ2v) is 3.36. The van der Waals surface area contributed by atoms with Gasteiger partial charge >= 0.3 is 6.09 Å². The van der Waals surface area contributed by atoms with Gasteiger partial charge in [-0.25, -0.2) is 4.79 Å². The van der Waals surface area contributed by atoms with Crippen molar-refractivity contribution in [3.05, 3.63) is 23.8 Å². The molecule has 0 saturated carbocycles. The van der Waals surface area contributed by atoms with Crippen molar-refractivity contribution in [2.24, 2.45) is 0 Å². The lowest BCUT2D eigenvalue weighted by molar-refractivity contribution is 0.115. The predicted octanol–water partition coefficient (Wildman–Crippen LogP) is 1.69. The van der Waals surface area contributed by atoms with E-state index in [1.807, 2.05) is 0 Å². The monoisotopic (exact) mass is 245 g/mol. The molecule has 0 unspecified atom stereocenters. The largest absolute Gasteiger partial charge is 0.508 e. The molecule has 1 atom stereocenters. The minimum Gasteiger partial charge on any atom is -0.508 e. The fraction of sp³-hybridized carbons (Fsp3) is 0.300.